The van der Waals surface area contributed by atoms with E-state index in [9.17, 15) is 4.79 Å². The third-order valence-corrected chi connectivity index (χ3v) is 4.39. The highest BCUT2D eigenvalue weighted by Gasteiger charge is 2.23. The molecule has 0 aliphatic carbocycles. The van der Waals surface area contributed by atoms with Crippen molar-refractivity contribution < 1.29 is 9.32 Å². The number of halogens is 1. The molecule has 1 amide bonds. The van der Waals surface area contributed by atoms with Gasteiger partial charge in [-0.15, -0.1) is 11.3 Å². The largest absolute Gasteiger partial charge is 0.367 e. The molecule has 20 heavy (non-hydrogen) atoms. The molecule has 0 bridgehead atoms. The smallest absolute Gasteiger partial charge is 0.259 e. The first-order valence-corrected chi connectivity index (χ1v) is 7.89. The molecule has 0 aliphatic heterocycles. The van der Waals surface area contributed by atoms with Crippen LogP contribution in [0.25, 0.3) is 10.6 Å². The summed E-state index contributed by atoms with van der Waals surface area (Å²) in [5, 5.41) is 6.74. The Labute approximate surface area is 129 Å². The monoisotopic (exact) mass is 357 g/mol. The average molecular weight is 358 g/mol. The van der Waals surface area contributed by atoms with E-state index in [1.807, 2.05) is 12.1 Å². The van der Waals surface area contributed by atoms with Crippen LogP contribution in [0.1, 0.15) is 30.6 Å². The van der Waals surface area contributed by atoms with Crippen molar-refractivity contribution in [1.82, 2.24) is 10.5 Å². The first-order chi connectivity index (χ1) is 9.49. The molecule has 2 aromatic heterocycles. The van der Waals surface area contributed by atoms with E-state index in [2.05, 4.69) is 40.3 Å². The molecule has 2 aromatic rings. The van der Waals surface area contributed by atoms with Crippen molar-refractivity contribution in [2.75, 3.05) is 12.3 Å². The van der Waals surface area contributed by atoms with Crippen LogP contribution < -0.4 is 11.1 Å². The number of carbonyl (C=O) groups is 1. The quantitative estimate of drug-likeness (QED) is 0.857. The number of anilines is 1. The zero-order valence-corrected chi connectivity index (χ0v) is 13.7. The molecule has 0 aliphatic rings. The van der Waals surface area contributed by atoms with Gasteiger partial charge in [0.2, 0.25) is 5.88 Å². The molecule has 7 heteroatoms. The van der Waals surface area contributed by atoms with Gasteiger partial charge < -0.3 is 15.6 Å². The molecule has 0 saturated heterocycles. The van der Waals surface area contributed by atoms with Crippen LogP contribution >= 0.6 is 27.3 Å². The number of amides is 1. The van der Waals surface area contributed by atoms with Crippen molar-refractivity contribution in [3.05, 3.63) is 21.5 Å². The fraction of sp³-hybridized carbons (Fsp3) is 0.385. The van der Waals surface area contributed by atoms with Gasteiger partial charge in [-0.05, 0) is 40.4 Å². The van der Waals surface area contributed by atoms with Crippen molar-refractivity contribution >= 4 is 39.1 Å². The molecule has 0 atom stereocenters. The van der Waals surface area contributed by atoms with Crippen LogP contribution in [0.2, 0.25) is 0 Å². The molecule has 3 N–H and O–H groups in total. The maximum absolute atomic E-state index is 12.2. The summed E-state index contributed by atoms with van der Waals surface area (Å²) in [4.78, 5) is 13.1. The molecule has 108 valence electrons. The van der Waals surface area contributed by atoms with Gasteiger partial charge >= 0.3 is 0 Å². The molecular weight excluding hydrogens is 342 g/mol. The number of aromatic nitrogens is 1. The van der Waals surface area contributed by atoms with Crippen molar-refractivity contribution in [3.63, 3.8) is 0 Å². The van der Waals surface area contributed by atoms with E-state index in [0.717, 1.165) is 15.1 Å². The minimum atomic E-state index is -0.246. The van der Waals surface area contributed by atoms with E-state index >= 15 is 0 Å². The lowest BCUT2D eigenvalue weighted by Crippen LogP contribution is -2.26. The maximum atomic E-state index is 12.2. The minimum Gasteiger partial charge on any atom is -0.367 e. The van der Waals surface area contributed by atoms with Gasteiger partial charge in [0.05, 0.1) is 8.66 Å². The predicted octanol–water partition coefficient (Wildman–Crippen LogP) is 3.52. The highest BCUT2D eigenvalue weighted by Crippen LogP contribution is 2.34. The van der Waals surface area contributed by atoms with E-state index in [0.29, 0.717) is 23.7 Å². The van der Waals surface area contributed by atoms with Crippen molar-refractivity contribution in [3.8, 4) is 10.6 Å². The molecule has 5 nitrogen and oxygen atoms in total. The van der Waals surface area contributed by atoms with Gasteiger partial charge in [0.1, 0.15) is 11.3 Å². The lowest BCUT2D eigenvalue weighted by molar-refractivity contribution is 0.0953. The van der Waals surface area contributed by atoms with Crippen LogP contribution in [0.4, 0.5) is 5.88 Å². The maximum Gasteiger partial charge on any atom is 0.259 e. The van der Waals surface area contributed by atoms with Gasteiger partial charge in [0, 0.05) is 6.54 Å². The lowest BCUT2D eigenvalue weighted by Gasteiger charge is -2.06. The zero-order valence-electron chi connectivity index (χ0n) is 11.3. The first kappa shape index (κ1) is 15.1. The summed E-state index contributed by atoms with van der Waals surface area (Å²) in [5.41, 5.74) is 6.52. The summed E-state index contributed by atoms with van der Waals surface area (Å²) in [6.07, 6.45) is 0.914. The van der Waals surface area contributed by atoms with E-state index in [1.54, 1.807) is 0 Å². The second-order valence-electron chi connectivity index (χ2n) is 4.81. The van der Waals surface area contributed by atoms with Crippen LogP contribution in [0, 0.1) is 5.92 Å². The molecule has 2 heterocycles. The second-order valence-corrected chi connectivity index (χ2v) is 7.28. The van der Waals surface area contributed by atoms with Crippen LogP contribution in [-0.2, 0) is 0 Å². The Morgan fingerprint density at radius 3 is 2.90 bits per heavy atom. The second kappa shape index (κ2) is 6.41. The number of hydrogen-bond donors (Lipinski definition) is 2. The van der Waals surface area contributed by atoms with Gasteiger partial charge in [0.25, 0.3) is 5.91 Å². The third-order valence-electron chi connectivity index (χ3n) is 2.76. The number of rotatable bonds is 5. The standard InChI is InChI=1S/C13H16BrN3O2S/c1-7(2)5-6-16-13(18)10-11(17-19-12(10)15)8-3-4-9(14)20-8/h3-4,7H,5-6,15H2,1-2H3,(H,16,18). The summed E-state index contributed by atoms with van der Waals surface area (Å²) in [6.45, 7) is 4.82. The van der Waals surface area contributed by atoms with Crippen LogP contribution in [0.15, 0.2) is 20.4 Å². The van der Waals surface area contributed by atoms with E-state index in [4.69, 9.17) is 10.3 Å². The average Bonchev–Trinajstić information content (AvgIpc) is 2.94. The summed E-state index contributed by atoms with van der Waals surface area (Å²) < 4.78 is 5.92. The molecule has 0 spiro atoms. The molecule has 0 radical (unpaired) electrons. The number of nitrogens with zero attached hydrogens (tertiary/aromatic N) is 1. The molecule has 2 rings (SSSR count). The van der Waals surface area contributed by atoms with E-state index < -0.39 is 0 Å². The van der Waals surface area contributed by atoms with Crippen LogP contribution in [0.3, 0.4) is 0 Å². The van der Waals surface area contributed by atoms with Gasteiger partial charge in [-0.1, -0.05) is 19.0 Å². The zero-order chi connectivity index (χ0) is 14.7. The van der Waals surface area contributed by atoms with Crippen molar-refractivity contribution in [2.45, 2.75) is 20.3 Å². The molecule has 0 unspecified atom stereocenters. The fourth-order valence-corrected chi connectivity index (χ4v) is 3.07. The summed E-state index contributed by atoms with van der Waals surface area (Å²) in [5.74, 6) is 0.332. The molecular formula is C13H16BrN3O2S. The lowest BCUT2D eigenvalue weighted by atomic mass is 10.1. The van der Waals surface area contributed by atoms with Gasteiger partial charge in [-0.3, -0.25) is 4.79 Å². The van der Waals surface area contributed by atoms with Gasteiger partial charge in [-0.25, -0.2) is 0 Å². The van der Waals surface area contributed by atoms with Crippen molar-refractivity contribution in [2.24, 2.45) is 5.92 Å². The number of hydrogen-bond acceptors (Lipinski definition) is 5. The fourth-order valence-electron chi connectivity index (χ4n) is 1.69. The minimum absolute atomic E-state index is 0.0477. The first-order valence-electron chi connectivity index (χ1n) is 6.28. The topological polar surface area (TPSA) is 81.2 Å². The SMILES string of the molecule is CC(C)CCNC(=O)c1c(-c2ccc(Br)s2)noc1N. The third kappa shape index (κ3) is 3.40. The van der Waals surface area contributed by atoms with Crippen molar-refractivity contribution in [1.29, 1.82) is 0 Å². The Morgan fingerprint density at radius 1 is 1.55 bits per heavy atom. The highest BCUT2D eigenvalue weighted by molar-refractivity contribution is 9.11. The Hall–Kier alpha value is -1.34. The van der Waals surface area contributed by atoms with Gasteiger partial charge in [-0.2, -0.15) is 0 Å². The number of nitrogens with one attached hydrogen (secondary N) is 1. The number of nitrogen functional groups attached to an aromatic ring is 1. The van der Waals surface area contributed by atoms with E-state index in [-0.39, 0.29) is 11.8 Å². The van der Waals surface area contributed by atoms with E-state index in [1.165, 1.54) is 11.3 Å². The highest BCUT2D eigenvalue weighted by atomic mass is 79.9. The normalized spacial score (nSPS) is 11.0. The summed E-state index contributed by atoms with van der Waals surface area (Å²) in [7, 11) is 0. The summed E-state index contributed by atoms with van der Waals surface area (Å²) >= 11 is 4.86. The Kier molecular flexibility index (Phi) is 4.82. The number of nitrogens with two attached hydrogens (primary N) is 1. The van der Waals surface area contributed by atoms with Gasteiger partial charge in [0.15, 0.2) is 0 Å². The summed E-state index contributed by atoms with van der Waals surface area (Å²) in [6, 6.07) is 3.77. The number of carbonyl (C=O) groups excluding carboxylic acids is 1. The Morgan fingerprint density at radius 2 is 2.30 bits per heavy atom. The van der Waals surface area contributed by atoms with Crippen LogP contribution in [-0.4, -0.2) is 17.6 Å². The Bertz CT molecular complexity index is 607. The Balaban J connectivity index is 2.19. The molecule has 0 aromatic carbocycles. The number of thiophene rings is 1. The molecule has 0 saturated carbocycles. The predicted molar refractivity (Wildman–Crippen MR) is 83.7 cm³/mol. The van der Waals surface area contributed by atoms with Crippen LogP contribution in [0.5, 0.6) is 0 Å². The molecule has 0 fully saturated rings.